The van der Waals surface area contributed by atoms with Gasteiger partial charge in [-0.1, -0.05) is 13.0 Å². The molecule has 1 aromatic carbocycles. The second kappa shape index (κ2) is 6.30. The summed E-state index contributed by atoms with van der Waals surface area (Å²) in [5, 5.41) is 3.38. The van der Waals surface area contributed by atoms with E-state index in [-0.39, 0.29) is 11.9 Å². The van der Waals surface area contributed by atoms with Crippen LogP contribution in [0.25, 0.3) is 0 Å². The lowest BCUT2D eigenvalue weighted by Crippen LogP contribution is -2.24. The first kappa shape index (κ1) is 14.2. The predicted octanol–water partition coefficient (Wildman–Crippen LogP) is 3.22. The molecule has 0 spiro atoms. The molecule has 1 heterocycles. The molecule has 0 bridgehead atoms. The van der Waals surface area contributed by atoms with Crippen LogP contribution in [0.2, 0.25) is 0 Å². The molecule has 0 amide bonds. The van der Waals surface area contributed by atoms with Gasteiger partial charge in [0.05, 0.1) is 4.47 Å². The number of benzene rings is 1. The zero-order chi connectivity index (χ0) is 13.8. The average molecular weight is 326 g/mol. The van der Waals surface area contributed by atoms with Crippen molar-refractivity contribution in [2.24, 2.45) is 7.05 Å². The fourth-order valence-corrected chi connectivity index (χ4v) is 2.31. The van der Waals surface area contributed by atoms with Crippen molar-refractivity contribution in [3.8, 4) is 0 Å². The van der Waals surface area contributed by atoms with Gasteiger partial charge in [-0.25, -0.2) is 9.37 Å². The van der Waals surface area contributed by atoms with E-state index in [2.05, 4.69) is 26.2 Å². The summed E-state index contributed by atoms with van der Waals surface area (Å²) >= 11 is 3.18. The number of nitrogens with one attached hydrogen (secondary N) is 1. The minimum absolute atomic E-state index is 0.0636. The standard InChI is InChI=1S/C14H17BrFN3/c1-3-17-13(9-14-18-6-7-19(14)2)10-4-5-11(15)12(16)8-10/h4-8,13,17H,3,9H2,1-2H3. The Kier molecular flexibility index (Phi) is 4.71. The van der Waals surface area contributed by atoms with Gasteiger partial charge >= 0.3 is 0 Å². The smallest absolute Gasteiger partial charge is 0.137 e. The number of aromatic nitrogens is 2. The number of halogens is 2. The molecule has 0 aliphatic carbocycles. The molecule has 1 atom stereocenters. The van der Waals surface area contributed by atoms with Gasteiger partial charge in [0, 0.05) is 31.9 Å². The van der Waals surface area contributed by atoms with Gasteiger partial charge in [0.15, 0.2) is 0 Å². The molecule has 0 aliphatic rings. The first-order valence-electron chi connectivity index (χ1n) is 6.26. The second-order valence-corrected chi connectivity index (χ2v) is 5.30. The van der Waals surface area contributed by atoms with Crippen LogP contribution in [0, 0.1) is 5.82 Å². The quantitative estimate of drug-likeness (QED) is 0.914. The average Bonchev–Trinajstić information content (AvgIpc) is 2.78. The fraction of sp³-hybridized carbons (Fsp3) is 0.357. The van der Waals surface area contributed by atoms with E-state index in [1.54, 1.807) is 18.3 Å². The van der Waals surface area contributed by atoms with Crippen molar-refractivity contribution < 1.29 is 4.39 Å². The Hall–Kier alpha value is -1.20. The Labute approximate surface area is 121 Å². The summed E-state index contributed by atoms with van der Waals surface area (Å²) in [5.41, 5.74) is 0.936. The van der Waals surface area contributed by atoms with Crippen LogP contribution in [-0.4, -0.2) is 16.1 Å². The Morgan fingerprint density at radius 2 is 2.26 bits per heavy atom. The summed E-state index contributed by atoms with van der Waals surface area (Å²) in [6.45, 7) is 2.87. The zero-order valence-electron chi connectivity index (χ0n) is 11.0. The van der Waals surface area contributed by atoms with Gasteiger partial charge in [-0.2, -0.15) is 0 Å². The fourth-order valence-electron chi connectivity index (χ4n) is 2.06. The highest BCUT2D eigenvalue weighted by atomic mass is 79.9. The van der Waals surface area contributed by atoms with Crippen LogP contribution < -0.4 is 5.32 Å². The molecule has 2 rings (SSSR count). The summed E-state index contributed by atoms with van der Waals surface area (Å²) < 4.78 is 16.1. The third-order valence-electron chi connectivity index (χ3n) is 3.10. The Balaban J connectivity index is 2.24. The maximum Gasteiger partial charge on any atom is 0.137 e. The van der Waals surface area contributed by atoms with E-state index < -0.39 is 0 Å². The van der Waals surface area contributed by atoms with Gasteiger partial charge < -0.3 is 9.88 Å². The van der Waals surface area contributed by atoms with Gasteiger partial charge in [-0.05, 0) is 40.2 Å². The van der Waals surface area contributed by atoms with Crippen LogP contribution in [0.5, 0.6) is 0 Å². The number of rotatable bonds is 5. The normalized spacial score (nSPS) is 12.6. The van der Waals surface area contributed by atoms with Gasteiger partial charge in [-0.3, -0.25) is 0 Å². The van der Waals surface area contributed by atoms with Crippen molar-refractivity contribution in [2.75, 3.05) is 6.54 Å². The van der Waals surface area contributed by atoms with Gasteiger partial charge in [0.25, 0.3) is 0 Å². The topological polar surface area (TPSA) is 29.9 Å². The minimum Gasteiger partial charge on any atom is -0.338 e. The van der Waals surface area contributed by atoms with E-state index >= 15 is 0 Å². The van der Waals surface area contributed by atoms with E-state index in [0.717, 1.165) is 24.4 Å². The van der Waals surface area contributed by atoms with E-state index in [4.69, 9.17) is 0 Å². The van der Waals surface area contributed by atoms with E-state index in [0.29, 0.717) is 4.47 Å². The van der Waals surface area contributed by atoms with Crippen molar-refractivity contribution >= 4 is 15.9 Å². The van der Waals surface area contributed by atoms with Crippen molar-refractivity contribution in [3.05, 3.63) is 52.3 Å². The molecule has 102 valence electrons. The first-order chi connectivity index (χ1) is 9.11. The SMILES string of the molecule is CCNC(Cc1nccn1C)c1ccc(Br)c(F)c1. The van der Waals surface area contributed by atoms with Crippen LogP contribution in [-0.2, 0) is 13.5 Å². The summed E-state index contributed by atoms with van der Waals surface area (Å²) in [6.07, 6.45) is 4.43. The largest absolute Gasteiger partial charge is 0.338 e. The molecule has 2 aromatic rings. The molecule has 5 heteroatoms. The lowest BCUT2D eigenvalue weighted by Gasteiger charge is -2.18. The van der Waals surface area contributed by atoms with Gasteiger partial charge in [0.1, 0.15) is 11.6 Å². The Bertz CT molecular complexity index is 553. The number of likely N-dealkylation sites (N-methyl/N-ethyl adjacent to an activating group) is 1. The van der Waals surface area contributed by atoms with Crippen LogP contribution in [0.3, 0.4) is 0 Å². The van der Waals surface area contributed by atoms with E-state index in [9.17, 15) is 4.39 Å². The molecule has 0 fully saturated rings. The maximum absolute atomic E-state index is 13.6. The number of imidazole rings is 1. The molecule has 0 saturated carbocycles. The lowest BCUT2D eigenvalue weighted by molar-refractivity contribution is 0.523. The van der Waals surface area contributed by atoms with Crippen molar-refractivity contribution in [2.45, 2.75) is 19.4 Å². The molecule has 0 radical (unpaired) electrons. The lowest BCUT2D eigenvalue weighted by atomic mass is 10.0. The van der Waals surface area contributed by atoms with Crippen LogP contribution in [0.1, 0.15) is 24.4 Å². The third kappa shape index (κ3) is 3.42. The van der Waals surface area contributed by atoms with Crippen LogP contribution >= 0.6 is 15.9 Å². The Morgan fingerprint density at radius 1 is 1.47 bits per heavy atom. The maximum atomic E-state index is 13.6. The number of aryl methyl sites for hydroxylation is 1. The highest BCUT2D eigenvalue weighted by molar-refractivity contribution is 9.10. The highest BCUT2D eigenvalue weighted by Crippen LogP contribution is 2.23. The summed E-state index contributed by atoms with van der Waals surface area (Å²) in [4.78, 5) is 4.32. The second-order valence-electron chi connectivity index (χ2n) is 4.44. The highest BCUT2D eigenvalue weighted by Gasteiger charge is 2.15. The predicted molar refractivity (Wildman–Crippen MR) is 77.4 cm³/mol. The molecular formula is C14H17BrFN3. The Morgan fingerprint density at radius 3 is 2.84 bits per heavy atom. The number of nitrogens with zero attached hydrogens (tertiary/aromatic N) is 2. The molecule has 19 heavy (non-hydrogen) atoms. The molecule has 1 N–H and O–H groups in total. The van der Waals surface area contributed by atoms with E-state index in [1.165, 1.54) is 0 Å². The molecule has 1 unspecified atom stereocenters. The molecular weight excluding hydrogens is 309 g/mol. The molecule has 0 saturated heterocycles. The van der Waals surface area contributed by atoms with E-state index in [1.807, 2.05) is 30.8 Å². The van der Waals surface area contributed by atoms with Crippen LogP contribution in [0.15, 0.2) is 35.1 Å². The van der Waals surface area contributed by atoms with Crippen molar-refractivity contribution in [1.82, 2.24) is 14.9 Å². The molecule has 1 aromatic heterocycles. The molecule has 3 nitrogen and oxygen atoms in total. The van der Waals surface area contributed by atoms with Crippen molar-refractivity contribution in [1.29, 1.82) is 0 Å². The number of hydrogen-bond donors (Lipinski definition) is 1. The molecule has 0 aliphatic heterocycles. The minimum atomic E-state index is -0.236. The summed E-state index contributed by atoms with van der Waals surface area (Å²) in [5.74, 6) is 0.745. The summed E-state index contributed by atoms with van der Waals surface area (Å²) in [6, 6.07) is 5.31. The van der Waals surface area contributed by atoms with Gasteiger partial charge in [0.2, 0.25) is 0 Å². The van der Waals surface area contributed by atoms with Crippen molar-refractivity contribution in [3.63, 3.8) is 0 Å². The third-order valence-corrected chi connectivity index (χ3v) is 3.75. The monoisotopic (exact) mass is 325 g/mol. The zero-order valence-corrected chi connectivity index (χ0v) is 12.6. The van der Waals surface area contributed by atoms with Crippen LogP contribution in [0.4, 0.5) is 4.39 Å². The first-order valence-corrected chi connectivity index (χ1v) is 7.05. The van der Waals surface area contributed by atoms with Gasteiger partial charge in [-0.15, -0.1) is 0 Å². The number of hydrogen-bond acceptors (Lipinski definition) is 2. The summed E-state index contributed by atoms with van der Waals surface area (Å²) in [7, 11) is 1.97.